The van der Waals surface area contributed by atoms with Crippen LogP contribution in [-0.4, -0.2) is 34.0 Å². The Morgan fingerprint density at radius 2 is 1.90 bits per heavy atom. The molecule has 2 N–H and O–H groups in total. The van der Waals surface area contributed by atoms with Crippen molar-refractivity contribution in [3.8, 4) is 0 Å². The number of carbonyl (C=O) groups excluding carboxylic acids is 1. The largest absolute Gasteiger partial charge is 0.366 e. The number of piperidine rings is 1. The second-order valence-corrected chi connectivity index (χ2v) is 7.70. The number of anilines is 2. The summed E-state index contributed by atoms with van der Waals surface area (Å²) in [6.45, 7) is 1.56. The average Bonchev–Trinajstić information content (AvgIpc) is 2.79. The van der Waals surface area contributed by atoms with Crippen LogP contribution in [0.25, 0.3) is 10.9 Å². The van der Waals surface area contributed by atoms with Gasteiger partial charge in [-0.25, -0.2) is 0 Å². The Labute approximate surface area is 184 Å². The predicted octanol–water partition coefficient (Wildman–Crippen LogP) is 4.26. The van der Waals surface area contributed by atoms with Crippen LogP contribution in [0, 0.1) is 10.1 Å². The van der Waals surface area contributed by atoms with Crippen LogP contribution >= 0.6 is 12.2 Å². The fourth-order valence-corrected chi connectivity index (χ4v) is 3.96. The van der Waals surface area contributed by atoms with Gasteiger partial charge in [0.1, 0.15) is 5.69 Å². The average molecular weight is 436 g/mol. The van der Waals surface area contributed by atoms with E-state index in [2.05, 4.69) is 15.6 Å². The first kappa shape index (κ1) is 20.7. The lowest BCUT2D eigenvalue weighted by Crippen LogP contribution is -2.34. The molecule has 1 aliphatic rings. The van der Waals surface area contributed by atoms with Crippen molar-refractivity contribution in [2.24, 2.45) is 0 Å². The summed E-state index contributed by atoms with van der Waals surface area (Å²) < 4.78 is 0. The summed E-state index contributed by atoms with van der Waals surface area (Å²) in [6.07, 6.45) is 4.83. The number of rotatable bonds is 4. The van der Waals surface area contributed by atoms with Crippen LogP contribution in [0.4, 0.5) is 17.1 Å². The van der Waals surface area contributed by atoms with Crippen LogP contribution in [0.5, 0.6) is 0 Å². The zero-order valence-electron chi connectivity index (χ0n) is 16.7. The number of amides is 1. The van der Waals surface area contributed by atoms with E-state index in [1.54, 1.807) is 18.3 Å². The Morgan fingerprint density at radius 1 is 1.10 bits per heavy atom. The summed E-state index contributed by atoms with van der Waals surface area (Å²) in [5.41, 5.74) is 2.16. The molecule has 1 aliphatic heterocycles. The number of fused-ring (bicyclic) bond motifs is 1. The smallest absolute Gasteiger partial charge is 0.293 e. The Kier molecular flexibility index (Phi) is 6.03. The number of hydrogen-bond donors (Lipinski definition) is 2. The molecule has 0 radical (unpaired) electrons. The van der Waals surface area contributed by atoms with Gasteiger partial charge in [0.15, 0.2) is 5.11 Å². The molecule has 1 saturated heterocycles. The molecule has 0 spiro atoms. The Bertz CT molecular complexity index is 1160. The number of thiocarbonyl (C=S) groups is 1. The van der Waals surface area contributed by atoms with Crippen molar-refractivity contribution in [3.05, 3.63) is 70.4 Å². The van der Waals surface area contributed by atoms with E-state index in [9.17, 15) is 14.9 Å². The Balaban J connectivity index is 1.50. The molecule has 9 heteroatoms. The molecule has 4 rings (SSSR count). The molecular formula is C22H21N5O3S. The minimum Gasteiger partial charge on any atom is -0.366 e. The third-order valence-corrected chi connectivity index (χ3v) is 5.46. The van der Waals surface area contributed by atoms with Crippen molar-refractivity contribution >= 4 is 51.2 Å². The first-order chi connectivity index (χ1) is 15.0. The maximum Gasteiger partial charge on any atom is 0.293 e. The van der Waals surface area contributed by atoms with Gasteiger partial charge in [0.05, 0.1) is 10.4 Å². The summed E-state index contributed by atoms with van der Waals surface area (Å²) in [4.78, 5) is 30.2. The number of nitrogens with one attached hydrogen (secondary N) is 2. The highest BCUT2D eigenvalue weighted by molar-refractivity contribution is 7.80. The number of hydrogen-bond acceptors (Lipinski definition) is 6. The Hall–Kier alpha value is -3.59. The topological polar surface area (TPSA) is 100 Å². The highest BCUT2D eigenvalue weighted by Crippen LogP contribution is 2.31. The molecule has 1 fully saturated rings. The molecule has 2 heterocycles. The quantitative estimate of drug-likeness (QED) is 0.359. The summed E-state index contributed by atoms with van der Waals surface area (Å²) >= 11 is 5.28. The van der Waals surface area contributed by atoms with Crippen LogP contribution < -0.4 is 15.5 Å². The zero-order valence-corrected chi connectivity index (χ0v) is 17.5. The maximum absolute atomic E-state index is 12.7. The maximum atomic E-state index is 12.7. The SMILES string of the molecule is O=C(NC(=S)Nc1cccc2ncccc12)c1ccc(N2CCCCC2)c([N+](=O)[O-])c1. The van der Waals surface area contributed by atoms with E-state index in [1.807, 2.05) is 35.2 Å². The molecule has 1 amide bonds. The van der Waals surface area contributed by atoms with Gasteiger partial charge < -0.3 is 10.2 Å². The van der Waals surface area contributed by atoms with E-state index in [-0.39, 0.29) is 16.4 Å². The lowest BCUT2D eigenvalue weighted by Gasteiger charge is -2.28. The van der Waals surface area contributed by atoms with Crippen molar-refractivity contribution in [2.45, 2.75) is 19.3 Å². The lowest BCUT2D eigenvalue weighted by molar-refractivity contribution is -0.384. The van der Waals surface area contributed by atoms with Gasteiger partial charge in [0, 0.05) is 42.0 Å². The van der Waals surface area contributed by atoms with Crippen LogP contribution in [0.3, 0.4) is 0 Å². The van der Waals surface area contributed by atoms with E-state index in [4.69, 9.17) is 12.2 Å². The molecule has 1 aromatic heterocycles. The van der Waals surface area contributed by atoms with Crippen LogP contribution in [0.2, 0.25) is 0 Å². The summed E-state index contributed by atoms with van der Waals surface area (Å²) in [6, 6.07) is 13.8. The number of nitrogens with zero attached hydrogens (tertiary/aromatic N) is 3. The van der Waals surface area contributed by atoms with E-state index >= 15 is 0 Å². The fraction of sp³-hybridized carbons (Fsp3) is 0.227. The van der Waals surface area contributed by atoms with E-state index in [0.29, 0.717) is 11.4 Å². The highest BCUT2D eigenvalue weighted by atomic mass is 32.1. The summed E-state index contributed by atoms with van der Waals surface area (Å²) in [5.74, 6) is -0.510. The van der Waals surface area contributed by atoms with Gasteiger partial charge in [-0.2, -0.15) is 0 Å². The molecule has 0 saturated carbocycles. The first-order valence-corrected chi connectivity index (χ1v) is 10.4. The van der Waals surface area contributed by atoms with Crippen molar-refractivity contribution in [1.29, 1.82) is 0 Å². The lowest BCUT2D eigenvalue weighted by atomic mass is 10.1. The van der Waals surface area contributed by atoms with Crippen molar-refractivity contribution in [2.75, 3.05) is 23.3 Å². The summed E-state index contributed by atoms with van der Waals surface area (Å²) in [7, 11) is 0. The van der Waals surface area contributed by atoms with Crippen LogP contribution in [0.1, 0.15) is 29.6 Å². The number of carbonyl (C=O) groups is 1. The summed E-state index contributed by atoms with van der Waals surface area (Å²) in [5, 5.41) is 18.2. The van der Waals surface area contributed by atoms with Gasteiger partial charge in [-0.3, -0.25) is 25.2 Å². The standard InChI is InChI=1S/C22H21N5O3S/c28-21(25-22(31)24-18-8-4-7-17-16(18)6-5-11-23-17)15-9-10-19(20(14-15)27(29)30)26-12-2-1-3-13-26/h4-11,14H,1-3,12-13H2,(H2,24,25,28,31). The van der Waals surface area contributed by atoms with Crippen LogP contribution in [-0.2, 0) is 0 Å². The van der Waals surface area contributed by atoms with Gasteiger partial charge in [0.25, 0.3) is 11.6 Å². The minimum atomic E-state index is -0.510. The molecular weight excluding hydrogens is 414 g/mol. The van der Waals surface area contributed by atoms with Crippen molar-refractivity contribution < 1.29 is 9.72 Å². The second-order valence-electron chi connectivity index (χ2n) is 7.29. The first-order valence-electron chi connectivity index (χ1n) is 10.0. The zero-order chi connectivity index (χ0) is 21.8. The molecule has 0 atom stereocenters. The molecule has 0 unspecified atom stereocenters. The normalized spacial score (nSPS) is 13.6. The van der Waals surface area contributed by atoms with Gasteiger partial charge in [-0.1, -0.05) is 6.07 Å². The van der Waals surface area contributed by atoms with E-state index in [1.165, 1.54) is 6.07 Å². The van der Waals surface area contributed by atoms with E-state index in [0.717, 1.165) is 43.3 Å². The molecule has 8 nitrogen and oxygen atoms in total. The number of nitro benzene ring substituents is 1. The molecule has 31 heavy (non-hydrogen) atoms. The fourth-order valence-electron chi connectivity index (χ4n) is 3.75. The van der Waals surface area contributed by atoms with Gasteiger partial charge in [-0.05, 0) is 67.9 Å². The number of benzene rings is 2. The van der Waals surface area contributed by atoms with Gasteiger partial charge in [-0.15, -0.1) is 0 Å². The van der Waals surface area contributed by atoms with Gasteiger partial charge >= 0.3 is 0 Å². The van der Waals surface area contributed by atoms with E-state index < -0.39 is 10.8 Å². The predicted molar refractivity (Wildman–Crippen MR) is 125 cm³/mol. The molecule has 3 aromatic rings. The number of pyridine rings is 1. The number of nitro groups is 1. The molecule has 2 aromatic carbocycles. The molecule has 0 bridgehead atoms. The van der Waals surface area contributed by atoms with Crippen LogP contribution in [0.15, 0.2) is 54.7 Å². The monoisotopic (exact) mass is 435 g/mol. The van der Waals surface area contributed by atoms with Crippen molar-refractivity contribution in [3.63, 3.8) is 0 Å². The van der Waals surface area contributed by atoms with Crippen molar-refractivity contribution in [1.82, 2.24) is 10.3 Å². The third kappa shape index (κ3) is 4.61. The second kappa shape index (κ2) is 9.05. The molecule has 0 aliphatic carbocycles. The Morgan fingerprint density at radius 3 is 2.68 bits per heavy atom. The molecule has 158 valence electrons. The minimum absolute atomic E-state index is 0.0754. The third-order valence-electron chi connectivity index (χ3n) is 5.25. The number of aromatic nitrogens is 1. The van der Waals surface area contributed by atoms with Gasteiger partial charge in [0.2, 0.25) is 0 Å². The highest BCUT2D eigenvalue weighted by Gasteiger charge is 2.23.